The van der Waals surface area contributed by atoms with Gasteiger partial charge in [-0.25, -0.2) is 4.99 Å². The van der Waals surface area contributed by atoms with Crippen LogP contribution in [0.15, 0.2) is 53.5 Å². The Bertz CT molecular complexity index is 753. The standard InChI is InChI=1S/C18H22N4O3.HI/c1-13(23)21-14-5-4-8-17(12-14)25-10-9-20-18(19)22-15-6-3-7-16(11-15)24-2;/h3-8,11-12H,9-10H2,1-2H3,(H,21,23)(H3,19,20,22);1H. The summed E-state index contributed by atoms with van der Waals surface area (Å²) in [4.78, 5) is 15.3. The minimum atomic E-state index is -0.127. The zero-order valence-corrected chi connectivity index (χ0v) is 17.0. The number of hydrogen-bond acceptors (Lipinski definition) is 4. The van der Waals surface area contributed by atoms with Crippen LogP contribution in [0.1, 0.15) is 6.92 Å². The van der Waals surface area contributed by atoms with Crippen LogP contribution in [0.2, 0.25) is 0 Å². The van der Waals surface area contributed by atoms with Gasteiger partial charge in [0.05, 0.1) is 13.7 Å². The van der Waals surface area contributed by atoms with Gasteiger partial charge < -0.3 is 25.8 Å². The quantitative estimate of drug-likeness (QED) is 0.250. The highest BCUT2D eigenvalue weighted by Crippen LogP contribution is 2.17. The Hall–Kier alpha value is -2.49. The van der Waals surface area contributed by atoms with Crippen LogP contribution >= 0.6 is 24.0 Å². The number of nitrogens with zero attached hydrogens (tertiary/aromatic N) is 1. The lowest BCUT2D eigenvalue weighted by molar-refractivity contribution is -0.114. The summed E-state index contributed by atoms with van der Waals surface area (Å²) in [6, 6.07) is 14.6. The van der Waals surface area contributed by atoms with Gasteiger partial charge in [0, 0.05) is 30.4 Å². The maximum atomic E-state index is 11.1. The van der Waals surface area contributed by atoms with Crippen LogP contribution in [0.4, 0.5) is 11.4 Å². The fourth-order valence-electron chi connectivity index (χ4n) is 2.08. The number of methoxy groups -OCH3 is 1. The molecule has 0 heterocycles. The molecular weight excluding hydrogens is 447 g/mol. The molecule has 0 saturated heterocycles. The van der Waals surface area contributed by atoms with E-state index in [2.05, 4.69) is 15.6 Å². The van der Waals surface area contributed by atoms with E-state index < -0.39 is 0 Å². The molecule has 0 fully saturated rings. The van der Waals surface area contributed by atoms with Gasteiger partial charge in [0.15, 0.2) is 5.96 Å². The second-order valence-corrected chi connectivity index (χ2v) is 5.18. The maximum Gasteiger partial charge on any atom is 0.221 e. The zero-order valence-electron chi connectivity index (χ0n) is 14.7. The Balaban J connectivity index is 0.00000338. The molecule has 0 aromatic heterocycles. The third kappa shape index (κ3) is 7.60. The SMILES string of the molecule is COc1cccc(NC(N)=NCCOc2cccc(NC(C)=O)c2)c1.I. The summed E-state index contributed by atoms with van der Waals surface area (Å²) >= 11 is 0. The van der Waals surface area contributed by atoms with Crippen molar-refractivity contribution in [3.8, 4) is 11.5 Å². The molecule has 2 aromatic rings. The smallest absolute Gasteiger partial charge is 0.221 e. The molecule has 0 aliphatic heterocycles. The number of carbonyl (C=O) groups excluding carboxylic acids is 1. The van der Waals surface area contributed by atoms with E-state index in [1.54, 1.807) is 19.2 Å². The molecule has 1 amide bonds. The average Bonchev–Trinajstić information content (AvgIpc) is 2.59. The van der Waals surface area contributed by atoms with E-state index >= 15 is 0 Å². The van der Waals surface area contributed by atoms with Gasteiger partial charge in [0.1, 0.15) is 18.1 Å². The van der Waals surface area contributed by atoms with Gasteiger partial charge in [-0.3, -0.25) is 4.79 Å². The van der Waals surface area contributed by atoms with Crippen molar-refractivity contribution >= 4 is 47.2 Å². The Morgan fingerprint density at radius 3 is 2.35 bits per heavy atom. The number of halogens is 1. The Morgan fingerprint density at radius 2 is 1.69 bits per heavy atom. The van der Waals surface area contributed by atoms with E-state index in [-0.39, 0.29) is 29.9 Å². The minimum absolute atomic E-state index is 0. The summed E-state index contributed by atoms with van der Waals surface area (Å²) < 4.78 is 10.8. The fraction of sp³-hybridized carbons (Fsp3) is 0.222. The second kappa shape index (κ2) is 11.2. The van der Waals surface area contributed by atoms with Crippen LogP contribution in [0.3, 0.4) is 0 Å². The topological polar surface area (TPSA) is 98.0 Å². The normalized spacial score (nSPS) is 10.5. The molecule has 140 valence electrons. The number of amides is 1. The van der Waals surface area contributed by atoms with Gasteiger partial charge in [0.2, 0.25) is 5.91 Å². The lowest BCUT2D eigenvalue weighted by Crippen LogP contribution is -2.23. The van der Waals surface area contributed by atoms with Crippen LogP contribution in [0.5, 0.6) is 11.5 Å². The largest absolute Gasteiger partial charge is 0.497 e. The monoisotopic (exact) mass is 470 g/mol. The summed E-state index contributed by atoms with van der Waals surface area (Å²) in [5.74, 6) is 1.56. The molecule has 26 heavy (non-hydrogen) atoms. The second-order valence-electron chi connectivity index (χ2n) is 5.18. The van der Waals surface area contributed by atoms with E-state index in [0.717, 1.165) is 11.4 Å². The van der Waals surface area contributed by atoms with Gasteiger partial charge >= 0.3 is 0 Å². The summed E-state index contributed by atoms with van der Waals surface area (Å²) in [6.45, 7) is 2.22. The van der Waals surface area contributed by atoms with Crippen molar-refractivity contribution in [1.29, 1.82) is 0 Å². The van der Waals surface area contributed by atoms with Gasteiger partial charge in [-0.1, -0.05) is 12.1 Å². The molecule has 2 rings (SSSR count). The predicted molar refractivity (Wildman–Crippen MR) is 115 cm³/mol. The molecule has 0 radical (unpaired) electrons. The third-order valence-electron chi connectivity index (χ3n) is 3.14. The Morgan fingerprint density at radius 1 is 1.08 bits per heavy atom. The number of nitrogens with one attached hydrogen (secondary N) is 2. The number of benzene rings is 2. The highest BCUT2D eigenvalue weighted by molar-refractivity contribution is 14.0. The molecule has 0 atom stereocenters. The van der Waals surface area contributed by atoms with Crippen LogP contribution in [0.25, 0.3) is 0 Å². The summed E-state index contributed by atoms with van der Waals surface area (Å²) in [5.41, 5.74) is 7.33. The van der Waals surface area contributed by atoms with Gasteiger partial charge in [0.25, 0.3) is 0 Å². The molecule has 0 saturated carbocycles. The molecule has 7 nitrogen and oxygen atoms in total. The van der Waals surface area contributed by atoms with E-state index in [9.17, 15) is 4.79 Å². The first-order chi connectivity index (χ1) is 12.1. The van der Waals surface area contributed by atoms with Crippen molar-refractivity contribution in [3.63, 3.8) is 0 Å². The summed E-state index contributed by atoms with van der Waals surface area (Å²) in [5, 5.41) is 5.69. The molecule has 8 heteroatoms. The first-order valence-electron chi connectivity index (χ1n) is 7.78. The molecule has 4 N–H and O–H groups in total. The number of anilines is 2. The Kier molecular flexibility index (Phi) is 9.27. The molecule has 0 aliphatic rings. The molecule has 0 bridgehead atoms. The average molecular weight is 470 g/mol. The number of guanidine groups is 1. The molecule has 0 spiro atoms. The first kappa shape index (κ1) is 21.6. The van der Waals surface area contributed by atoms with Crippen molar-refractivity contribution in [3.05, 3.63) is 48.5 Å². The van der Waals surface area contributed by atoms with Crippen molar-refractivity contribution in [2.45, 2.75) is 6.92 Å². The highest BCUT2D eigenvalue weighted by Gasteiger charge is 2.00. The van der Waals surface area contributed by atoms with Gasteiger partial charge in [-0.15, -0.1) is 24.0 Å². The van der Waals surface area contributed by atoms with Crippen molar-refractivity contribution < 1.29 is 14.3 Å². The maximum absolute atomic E-state index is 11.1. The first-order valence-corrected chi connectivity index (χ1v) is 7.78. The molecule has 0 unspecified atom stereocenters. The highest BCUT2D eigenvalue weighted by atomic mass is 127. The van der Waals surface area contributed by atoms with E-state index in [1.807, 2.05) is 36.4 Å². The van der Waals surface area contributed by atoms with Crippen molar-refractivity contribution in [2.75, 3.05) is 30.9 Å². The number of ether oxygens (including phenoxy) is 2. The number of hydrogen-bond donors (Lipinski definition) is 3. The molecule has 2 aromatic carbocycles. The fourth-order valence-corrected chi connectivity index (χ4v) is 2.08. The zero-order chi connectivity index (χ0) is 18.1. The molecule has 0 aliphatic carbocycles. The predicted octanol–water partition coefficient (Wildman–Crippen LogP) is 3.08. The lowest BCUT2D eigenvalue weighted by atomic mass is 10.3. The van der Waals surface area contributed by atoms with Crippen molar-refractivity contribution in [1.82, 2.24) is 0 Å². The van der Waals surface area contributed by atoms with Crippen molar-refractivity contribution in [2.24, 2.45) is 10.7 Å². The van der Waals surface area contributed by atoms with Gasteiger partial charge in [-0.05, 0) is 24.3 Å². The van der Waals surface area contributed by atoms with Gasteiger partial charge in [-0.2, -0.15) is 0 Å². The number of nitrogens with two attached hydrogens (primary N) is 1. The minimum Gasteiger partial charge on any atom is -0.497 e. The Labute approximate surface area is 170 Å². The van der Waals surface area contributed by atoms with Crippen LogP contribution < -0.4 is 25.8 Å². The molecular formula is C18H23IN4O3. The number of rotatable bonds is 7. The number of aliphatic imine (C=N–C) groups is 1. The van der Waals surface area contributed by atoms with E-state index in [4.69, 9.17) is 15.2 Å². The third-order valence-corrected chi connectivity index (χ3v) is 3.14. The van der Waals surface area contributed by atoms with Crippen LogP contribution in [0, 0.1) is 0 Å². The lowest BCUT2D eigenvalue weighted by Gasteiger charge is -2.09. The summed E-state index contributed by atoms with van der Waals surface area (Å²) in [7, 11) is 1.61. The van der Waals surface area contributed by atoms with Crippen LogP contribution in [-0.4, -0.2) is 32.1 Å². The van der Waals surface area contributed by atoms with Crippen LogP contribution in [-0.2, 0) is 4.79 Å². The number of carbonyl (C=O) groups is 1. The summed E-state index contributed by atoms with van der Waals surface area (Å²) in [6.07, 6.45) is 0. The van der Waals surface area contributed by atoms with E-state index in [1.165, 1.54) is 6.92 Å². The van der Waals surface area contributed by atoms with E-state index in [0.29, 0.717) is 30.5 Å².